The number of hydrogen-bond acceptors (Lipinski definition) is 3. The quantitative estimate of drug-likeness (QED) is 0.579. The van der Waals surface area contributed by atoms with Crippen LogP contribution < -0.4 is 10.2 Å². The van der Waals surface area contributed by atoms with Crippen LogP contribution >= 0.6 is 11.8 Å². The van der Waals surface area contributed by atoms with Crippen molar-refractivity contribution in [2.75, 3.05) is 16.8 Å². The number of hydrogen-bond donors (Lipinski definition) is 1. The molecule has 0 saturated heterocycles. The van der Waals surface area contributed by atoms with Crippen LogP contribution in [0.25, 0.3) is 10.8 Å². The van der Waals surface area contributed by atoms with Gasteiger partial charge in [0.05, 0.1) is 5.69 Å². The van der Waals surface area contributed by atoms with Crippen molar-refractivity contribution in [3.05, 3.63) is 65.7 Å². The summed E-state index contributed by atoms with van der Waals surface area (Å²) in [6.07, 6.45) is 0. The Morgan fingerprint density at radius 3 is 2.50 bits per heavy atom. The molecule has 2 amide bonds. The molecule has 4 rings (SSSR count). The maximum Gasteiger partial charge on any atom is 0.258 e. The highest BCUT2D eigenvalue weighted by Gasteiger charge is 2.29. The summed E-state index contributed by atoms with van der Waals surface area (Å²) in [6, 6.07) is 17.1. The Labute approximate surface area is 168 Å². The predicted molar refractivity (Wildman–Crippen MR) is 117 cm³/mol. The second kappa shape index (κ2) is 7.32. The third-order valence-electron chi connectivity index (χ3n) is 4.84. The van der Waals surface area contributed by atoms with Crippen molar-refractivity contribution >= 4 is 45.7 Å². The van der Waals surface area contributed by atoms with Gasteiger partial charge in [0.15, 0.2) is 0 Å². The second-order valence-electron chi connectivity index (χ2n) is 7.05. The zero-order valence-electron chi connectivity index (χ0n) is 16.2. The molecule has 1 N–H and O–H groups in total. The average molecular weight is 391 g/mol. The Kier molecular flexibility index (Phi) is 4.85. The first kappa shape index (κ1) is 18.6. The van der Waals surface area contributed by atoms with E-state index >= 15 is 0 Å². The molecule has 0 spiro atoms. The lowest BCUT2D eigenvalue weighted by molar-refractivity contribution is 0.0992. The van der Waals surface area contributed by atoms with Crippen molar-refractivity contribution in [3.63, 3.8) is 0 Å². The Morgan fingerprint density at radius 1 is 1.07 bits per heavy atom. The van der Waals surface area contributed by atoms with Crippen LogP contribution in [0.5, 0.6) is 0 Å². The minimum Gasteiger partial charge on any atom is -0.321 e. The Hall–Kier alpha value is -2.79. The lowest BCUT2D eigenvalue weighted by atomic mass is 10.0. The molecule has 0 fully saturated rings. The van der Waals surface area contributed by atoms with Gasteiger partial charge < -0.3 is 10.2 Å². The van der Waals surface area contributed by atoms with E-state index in [1.807, 2.05) is 61.5 Å². The van der Waals surface area contributed by atoms with Crippen molar-refractivity contribution < 1.29 is 9.59 Å². The maximum absolute atomic E-state index is 12.8. The van der Waals surface area contributed by atoms with Crippen LogP contribution in [0.15, 0.2) is 59.5 Å². The summed E-state index contributed by atoms with van der Waals surface area (Å²) in [7, 11) is 0. The summed E-state index contributed by atoms with van der Waals surface area (Å²) in [5, 5.41) is 5.32. The lowest BCUT2D eigenvalue weighted by Gasteiger charge is -2.15. The molecule has 1 heterocycles. The van der Waals surface area contributed by atoms with E-state index in [2.05, 4.69) is 19.2 Å². The SMILES string of the molecule is CCN1C(=O)c2cccc3c(NC(=O)c4ccc(SC(C)C)cc4)ccc1c23. The van der Waals surface area contributed by atoms with E-state index in [1.165, 1.54) is 0 Å². The van der Waals surface area contributed by atoms with Crippen LogP contribution in [-0.2, 0) is 0 Å². The minimum atomic E-state index is -0.154. The molecule has 0 atom stereocenters. The van der Waals surface area contributed by atoms with Crippen molar-refractivity contribution in [2.24, 2.45) is 0 Å². The summed E-state index contributed by atoms with van der Waals surface area (Å²) in [6.45, 7) is 6.87. The zero-order valence-corrected chi connectivity index (χ0v) is 17.0. The van der Waals surface area contributed by atoms with Gasteiger partial charge in [-0.2, -0.15) is 0 Å². The first-order chi connectivity index (χ1) is 13.5. The van der Waals surface area contributed by atoms with E-state index < -0.39 is 0 Å². The van der Waals surface area contributed by atoms with E-state index in [-0.39, 0.29) is 11.8 Å². The van der Waals surface area contributed by atoms with Crippen molar-refractivity contribution in [2.45, 2.75) is 30.9 Å². The van der Waals surface area contributed by atoms with E-state index in [0.29, 0.717) is 22.9 Å². The number of rotatable bonds is 5. The van der Waals surface area contributed by atoms with Gasteiger partial charge in [0.25, 0.3) is 11.8 Å². The third-order valence-corrected chi connectivity index (χ3v) is 5.85. The number of amides is 2. The molecule has 3 aromatic carbocycles. The maximum atomic E-state index is 12.8. The molecule has 28 heavy (non-hydrogen) atoms. The summed E-state index contributed by atoms with van der Waals surface area (Å²) in [5.41, 5.74) is 2.94. The molecule has 0 saturated carbocycles. The van der Waals surface area contributed by atoms with Crippen LogP contribution in [0.4, 0.5) is 11.4 Å². The van der Waals surface area contributed by atoms with E-state index in [1.54, 1.807) is 16.7 Å². The fraction of sp³-hybridized carbons (Fsp3) is 0.217. The molecule has 4 nitrogen and oxygen atoms in total. The highest BCUT2D eigenvalue weighted by molar-refractivity contribution is 7.99. The van der Waals surface area contributed by atoms with Gasteiger partial charge in [-0.3, -0.25) is 9.59 Å². The van der Waals surface area contributed by atoms with Gasteiger partial charge in [-0.1, -0.05) is 26.0 Å². The normalized spacial score (nSPS) is 12.9. The fourth-order valence-corrected chi connectivity index (χ4v) is 4.46. The van der Waals surface area contributed by atoms with Crippen LogP contribution in [-0.4, -0.2) is 23.6 Å². The molecule has 1 aliphatic rings. The number of nitrogens with one attached hydrogen (secondary N) is 1. The van der Waals surface area contributed by atoms with Gasteiger partial charge in [0.2, 0.25) is 0 Å². The molecule has 0 radical (unpaired) electrons. The third kappa shape index (κ3) is 3.16. The van der Waals surface area contributed by atoms with Crippen molar-refractivity contribution in [3.8, 4) is 0 Å². The molecule has 3 aromatic rings. The summed E-state index contributed by atoms with van der Waals surface area (Å²) >= 11 is 1.77. The van der Waals surface area contributed by atoms with E-state index in [9.17, 15) is 9.59 Å². The van der Waals surface area contributed by atoms with Gasteiger partial charge in [-0.25, -0.2) is 0 Å². The molecular weight excluding hydrogens is 368 g/mol. The van der Waals surface area contributed by atoms with Crippen LogP contribution in [0.3, 0.4) is 0 Å². The van der Waals surface area contributed by atoms with Crippen LogP contribution in [0, 0.1) is 0 Å². The smallest absolute Gasteiger partial charge is 0.258 e. The number of anilines is 2. The van der Waals surface area contributed by atoms with Gasteiger partial charge in [0.1, 0.15) is 0 Å². The van der Waals surface area contributed by atoms with E-state index in [0.717, 1.165) is 27.0 Å². The predicted octanol–water partition coefficient (Wildman–Crippen LogP) is 5.57. The van der Waals surface area contributed by atoms with Crippen LogP contribution in [0.2, 0.25) is 0 Å². The summed E-state index contributed by atoms with van der Waals surface area (Å²) in [5.74, 6) is -0.136. The molecule has 0 aliphatic carbocycles. The number of nitrogens with zero attached hydrogens (tertiary/aromatic N) is 1. The molecular formula is C23H22N2O2S. The largest absolute Gasteiger partial charge is 0.321 e. The van der Waals surface area contributed by atoms with Gasteiger partial charge >= 0.3 is 0 Å². The first-order valence-electron chi connectivity index (χ1n) is 9.45. The number of thioether (sulfide) groups is 1. The number of benzene rings is 3. The average Bonchev–Trinajstić information content (AvgIpc) is 2.97. The minimum absolute atomic E-state index is 0.0183. The number of carbonyl (C=O) groups is 2. The standard InChI is InChI=1S/C23H22N2O2S/c1-4-25-20-13-12-19(17-6-5-7-18(21(17)20)23(25)27)24-22(26)15-8-10-16(11-9-15)28-14(2)3/h5-14H,4H2,1-3H3,(H,24,26). The van der Waals surface area contributed by atoms with Gasteiger partial charge in [-0.05, 0) is 49.4 Å². The Bertz CT molecular complexity index is 1070. The monoisotopic (exact) mass is 390 g/mol. The number of carbonyl (C=O) groups excluding carboxylic acids is 2. The lowest BCUT2D eigenvalue weighted by Crippen LogP contribution is -2.25. The summed E-state index contributed by atoms with van der Waals surface area (Å²) in [4.78, 5) is 28.3. The van der Waals surface area contributed by atoms with E-state index in [4.69, 9.17) is 0 Å². The highest BCUT2D eigenvalue weighted by Crippen LogP contribution is 2.40. The molecule has 5 heteroatoms. The molecule has 1 aliphatic heterocycles. The van der Waals surface area contributed by atoms with Crippen molar-refractivity contribution in [1.29, 1.82) is 0 Å². The van der Waals surface area contributed by atoms with Gasteiger partial charge in [0, 0.05) is 44.3 Å². The topological polar surface area (TPSA) is 49.4 Å². The first-order valence-corrected chi connectivity index (χ1v) is 10.3. The molecule has 0 unspecified atom stereocenters. The summed E-state index contributed by atoms with van der Waals surface area (Å²) < 4.78 is 0. The second-order valence-corrected chi connectivity index (χ2v) is 8.70. The Morgan fingerprint density at radius 2 is 1.82 bits per heavy atom. The molecule has 142 valence electrons. The van der Waals surface area contributed by atoms with Crippen molar-refractivity contribution in [1.82, 2.24) is 0 Å². The zero-order chi connectivity index (χ0) is 19.8. The molecule has 0 aromatic heterocycles. The van der Waals surface area contributed by atoms with Crippen LogP contribution in [0.1, 0.15) is 41.5 Å². The molecule has 0 bridgehead atoms. The fourth-order valence-electron chi connectivity index (χ4n) is 3.62. The highest BCUT2D eigenvalue weighted by atomic mass is 32.2. The Balaban J connectivity index is 1.65. The van der Waals surface area contributed by atoms with Gasteiger partial charge in [-0.15, -0.1) is 11.8 Å².